The summed E-state index contributed by atoms with van der Waals surface area (Å²) in [6.45, 7) is 1.97. The highest BCUT2D eigenvalue weighted by atomic mass is 19.1. The number of carbonyl (C=O) groups excluding carboxylic acids is 1. The second-order valence-electron chi connectivity index (χ2n) is 8.07. The molecule has 0 aliphatic carbocycles. The van der Waals surface area contributed by atoms with Gasteiger partial charge in [-0.05, 0) is 48.6 Å². The van der Waals surface area contributed by atoms with Crippen LogP contribution in [0.1, 0.15) is 24.8 Å². The summed E-state index contributed by atoms with van der Waals surface area (Å²) >= 11 is 0. The third-order valence-corrected chi connectivity index (χ3v) is 5.87. The van der Waals surface area contributed by atoms with Crippen LogP contribution in [0, 0.1) is 5.82 Å². The third kappa shape index (κ3) is 4.99. The van der Waals surface area contributed by atoms with Gasteiger partial charge in [0, 0.05) is 44.1 Å². The molecule has 1 amide bonds. The van der Waals surface area contributed by atoms with Crippen LogP contribution in [-0.2, 0) is 22.5 Å². The normalized spacial score (nSPS) is 17.9. The van der Waals surface area contributed by atoms with E-state index in [1.54, 1.807) is 25.7 Å². The van der Waals surface area contributed by atoms with E-state index in [0.29, 0.717) is 37.3 Å². The Labute approximate surface area is 187 Å². The lowest BCUT2D eigenvalue weighted by Gasteiger charge is -2.27. The number of methoxy groups -OCH3 is 1. The first kappa shape index (κ1) is 22.0. The average Bonchev–Trinajstić information content (AvgIpc) is 3.50. The largest absolute Gasteiger partial charge is 0.496 e. The molecule has 0 bridgehead atoms. The zero-order chi connectivity index (χ0) is 22.4. The number of carbonyl (C=O) groups is 1. The number of nitrogens with zero attached hydrogens (tertiary/aromatic N) is 2. The number of aromatic nitrogens is 2. The molecule has 1 atom stereocenters. The van der Waals surface area contributed by atoms with E-state index in [9.17, 15) is 9.18 Å². The number of benzene rings is 2. The summed E-state index contributed by atoms with van der Waals surface area (Å²) in [5.74, 6) is 0.245. The van der Waals surface area contributed by atoms with Gasteiger partial charge in [-0.2, -0.15) is 0 Å². The van der Waals surface area contributed by atoms with E-state index in [1.807, 2.05) is 35.0 Å². The van der Waals surface area contributed by atoms with E-state index in [0.717, 1.165) is 30.5 Å². The quantitative estimate of drug-likeness (QED) is 0.514. The van der Waals surface area contributed by atoms with E-state index in [-0.39, 0.29) is 11.7 Å². The van der Waals surface area contributed by atoms with E-state index < -0.39 is 5.60 Å². The molecule has 168 valence electrons. The predicted octanol–water partition coefficient (Wildman–Crippen LogP) is 4.00. The van der Waals surface area contributed by atoms with Gasteiger partial charge in [0.2, 0.25) is 0 Å². The summed E-state index contributed by atoms with van der Waals surface area (Å²) in [7, 11) is 1.57. The molecule has 2 heterocycles. The summed E-state index contributed by atoms with van der Waals surface area (Å²) in [6, 6.07) is 12.3. The lowest BCUT2D eigenvalue weighted by molar-refractivity contribution is -0.141. The van der Waals surface area contributed by atoms with Gasteiger partial charge in [-0.1, -0.05) is 24.3 Å². The van der Waals surface area contributed by atoms with Gasteiger partial charge in [0.1, 0.15) is 11.6 Å². The second kappa shape index (κ2) is 9.96. The minimum absolute atomic E-state index is 0.0588. The number of rotatable bonds is 9. The van der Waals surface area contributed by atoms with Crippen LogP contribution in [0.5, 0.6) is 5.75 Å². The van der Waals surface area contributed by atoms with Crippen LogP contribution in [0.2, 0.25) is 0 Å². The Morgan fingerprint density at radius 3 is 2.81 bits per heavy atom. The molecule has 1 saturated heterocycles. The first-order valence-corrected chi connectivity index (χ1v) is 10.9. The standard InChI is InChI=1S/C25H28FN3O3/c1-31-23-9-8-21(26)16-22(23)20-6-4-19(5-7-20)17-25(10-2-15-32-25)24(30)28-11-3-13-29-14-12-27-18-29/h4-9,12,14,16,18H,2-3,10-11,13,15,17H2,1H3,(H,28,30)/t25-/m0/s1. The van der Waals surface area contributed by atoms with Crippen LogP contribution >= 0.6 is 0 Å². The van der Waals surface area contributed by atoms with Crippen LogP contribution in [0.3, 0.4) is 0 Å². The molecule has 7 heteroatoms. The van der Waals surface area contributed by atoms with Crippen molar-refractivity contribution in [2.75, 3.05) is 20.3 Å². The van der Waals surface area contributed by atoms with Gasteiger partial charge in [0.05, 0.1) is 13.4 Å². The molecule has 2 aromatic carbocycles. The van der Waals surface area contributed by atoms with Gasteiger partial charge < -0.3 is 19.4 Å². The maximum Gasteiger partial charge on any atom is 0.252 e. The highest BCUT2D eigenvalue weighted by Crippen LogP contribution is 2.33. The van der Waals surface area contributed by atoms with Crippen molar-refractivity contribution in [2.45, 2.75) is 37.8 Å². The van der Waals surface area contributed by atoms with Crippen molar-refractivity contribution in [3.05, 3.63) is 72.6 Å². The van der Waals surface area contributed by atoms with Crippen molar-refractivity contribution in [3.8, 4) is 16.9 Å². The summed E-state index contributed by atoms with van der Waals surface area (Å²) in [5.41, 5.74) is 1.71. The molecule has 0 radical (unpaired) electrons. The summed E-state index contributed by atoms with van der Waals surface area (Å²) < 4.78 is 27.1. The zero-order valence-electron chi connectivity index (χ0n) is 18.2. The van der Waals surface area contributed by atoms with Crippen LogP contribution in [0.4, 0.5) is 4.39 Å². The maximum absolute atomic E-state index is 13.7. The van der Waals surface area contributed by atoms with Gasteiger partial charge in [-0.15, -0.1) is 0 Å². The Hall–Kier alpha value is -3.19. The molecule has 0 saturated carbocycles. The molecule has 3 aromatic rings. The first-order chi connectivity index (χ1) is 15.6. The van der Waals surface area contributed by atoms with Crippen LogP contribution in [0.25, 0.3) is 11.1 Å². The molecular formula is C25H28FN3O3. The van der Waals surface area contributed by atoms with Crippen molar-refractivity contribution in [1.82, 2.24) is 14.9 Å². The summed E-state index contributed by atoms with van der Waals surface area (Å²) in [5, 5.41) is 3.05. The first-order valence-electron chi connectivity index (χ1n) is 10.9. The number of ether oxygens (including phenoxy) is 2. The molecule has 1 fully saturated rings. The highest BCUT2D eigenvalue weighted by Gasteiger charge is 2.42. The molecule has 1 aliphatic heterocycles. The fourth-order valence-corrected chi connectivity index (χ4v) is 4.18. The van der Waals surface area contributed by atoms with Gasteiger partial charge in [0.25, 0.3) is 5.91 Å². The minimum atomic E-state index is -0.840. The number of halogens is 1. The molecular weight excluding hydrogens is 409 g/mol. The smallest absolute Gasteiger partial charge is 0.252 e. The van der Waals surface area contributed by atoms with Crippen LogP contribution in [0.15, 0.2) is 61.2 Å². The Morgan fingerprint density at radius 2 is 2.12 bits per heavy atom. The zero-order valence-corrected chi connectivity index (χ0v) is 18.2. The minimum Gasteiger partial charge on any atom is -0.496 e. The predicted molar refractivity (Wildman–Crippen MR) is 120 cm³/mol. The van der Waals surface area contributed by atoms with E-state index in [1.165, 1.54) is 12.1 Å². The van der Waals surface area contributed by atoms with Crippen LogP contribution < -0.4 is 10.1 Å². The number of imidazole rings is 1. The monoisotopic (exact) mass is 437 g/mol. The van der Waals surface area contributed by atoms with Crippen molar-refractivity contribution in [3.63, 3.8) is 0 Å². The molecule has 6 nitrogen and oxygen atoms in total. The Kier molecular flexibility index (Phi) is 6.85. The van der Waals surface area contributed by atoms with E-state index >= 15 is 0 Å². The maximum atomic E-state index is 13.7. The fraction of sp³-hybridized carbons (Fsp3) is 0.360. The molecule has 32 heavy (non-hydrogen) atoms. The molecule has 0 unspecified atom stereocenters. The fourth-order valence-electron chi connectivity index (χ4n) is 4.18. The Balaban J connectivity index is 1.41. The molecule has 0 spiro atoms. The van der Waals surface area contributed by atoms with Crippen molar-refractivity contribution in [1.29, 1.82) is 0 Å². The lowest BCUT2D eigenvalue weighted by atomic mass is 9.89. The van der Waals surface area contributed by atoms with E-state index in [4.69, 9.17) is 9.47 Å². The Morgan fingerprint density at radius 1 is 1.28 bits per heavy atom. The van der Waals surface area contributed by atoms with E-state index in [2.05, 4.69) is 10.3 Å². The number of hydrogen-bond acceptors (Lipinski definition) is 4. The van der Waals surface area contributed by atoms with Gasteiger partial charge >= 0.3 is 0 Å². The summed E-state index contributed by atoms with van der Waals surface area (Å²) in [4.78, 5) is 17.1. The highest BCUT2D eigenvalue weighted by molar-refractivity contribution is 5.86. The van der Waals surface area contributed by atoms with Gasteiger partial charge in [-0.25, -0.2) is 9.37 Å². The third-order valence-electron chi connectivity index (χ3n) is 5.87. The molecule has 1 aromatic heterocycles. The van der Waals surface area contributed by atoms with Crippen molar-refractivity contribution in [2.24, 2.45) is 0 Å². The number of nitrogens with one attached hydrogen (secondary N) is 1. The van der Waals surface area contributed by atoms with Crippen molar-refractivity contribution < 1.29 is 18.7 Å². The van der Waals surface area contributed by atoms with Crippen molar-refractivity contribution >= 4 is 5.91 Å². The van der Waals surface area contributed by atoms with Crippen LogP contribution in [-0.4, -0.2) is 41.3 Å². The number of hydrogen-bond donors (Lipinski definition) is 1. The summed E-state index contributed by atoms with van der Waals surface area (Å²) in [6.07, 6.45) is 8.30. The molecule has 1 aliphatic rings. The SMILES string of the molecule is COc1ccc(F)cc1-c1ccc(C[C@]2(C(=O)NCCCn3ccnc3)CCCO2)cc1. The lowest BCUT2D eigenvalue weighted by Crippen LogP contribution is -2.48. The topological polar surface area (TPSA) is 65.4 Å². The molecule has 1 N–H and O–H groups in total. The molecule has 4 rings (SSSR count). The number of aryl methyl sites for hydroxylation is 1. The average molecular weight is 438 g/mol. The second-order valence-corrected chi connectivity index (χ2v) is 8.07. The Bertz CT molecular complexity index is 1030. The van der Waals surface area contributed by atoms with Gasteiger partial charge in [0.15, 0.2) is 5.60 Å². The van der Waals surface area contributed by atoms with Gasteiger partial charge in [-0.3, -0.25) is 4.79 Å². The number of amides is 1.